The largest absolute Gasteiger partial charge is 0.598 e. The van der Waals surface area contributed by atoms with Gasteiger partial charge in [-0.05, 0) is 45.4 Å². The molecule has 1 aromatic carbocycles. The summed E-state index contributed by atoms with van der Waals surface area (Å²) in [4.78, 5) is 2.46. The Balaban J connectivity index is 2.09. The molecule has 0 aliphatic heterocycles. The predicted molar refractivity (Wildman–Crippen MR) is 89.2 cm³/mol. The van der Waals surface area contributed by atoms with Gasteiger partial charge in [0.15, 0.2) is 0 Å². The summed E-state index contributed by atoms with van der Waals surface area (Å²) in [6, 6.07) is 14.7. The summed E-state index contributed by atoms with van der Waals surface area (Å²) in [5, 5.41) is 0. The van der Waals surface area contributed by atoms with E-state index in [9.17, 15) is 4.55 Å². The van der Waals surface area contributed by atoms with E-state index in [1.165, 1.54) is 15.3 Å². The molecule has 0 bridgehead atoms. The summed E-state index contributed by atoms with van der Waals surface area (Å²) in [6.45, 7) is 8.00. The van der Waals surface area contributed by atoms with Gasteiger partial charge in [-0.1, -0.05) is 30.3 Å². The Labute approximate surface area is 128 Å². The Morgan fingerprint density at radius 3 is 2.35 bits per heavy atom. The van der Waals surface area contributed by atoms with Crippen LogP contribution in [-0.2, 0) is 11.4 Å². The normalized spacial score (nSPS) is 15.1. The maximum atomic E-state index is 12.1. The average Bonchev–Trinajstić information content (AvgIpc) is 2.88. The van der Waals surface area contributed by atoms with Crippen LogP contribution >= 0.6 is 11.3 Å². The topological polar surface area (TPSA) is 35.1 Å². The average molecular weight is 307 g/mol. The summed E-state index contributed by atoms with van der Waals surface area (Å²) in [6.07, 6.45) is 0. The molecule has 1 aromatic heterocycles. The zero-order valence-corrected chi connectivity index (χ0v) is 14.0. The third-order valence-electron chi connectivity index (χ3n) is 2.95. The van der Waals surface area contributed by atoms with Gasteiger partial charge in [0, 0.05) is 21.1 Å². The first kappa shape index (κ1) is 15.6. The molecular formula is C16H21NOS2. The highest BCUT2D eigenvalue weighted by Gasteiger charge is 2.28. The molecule has 108 valence electrons. The fourth-order valence-corrected chi connectivity index (χ4v) is 3.63. The van der Waals surface area contributed by atoms with Crippen LogP contribution in [0.3, 0.4) is 0 Å². The monoisotopic (exact) mass is 307 g/mol. The van der Waals surface area contributed by atoms with E-state index in [-0.39, 0.29) is 10.8 Å². The number of benzene rings is 1. The van der Waals surface area contributed by atoms with E-state index in [1.807, 2.05) is 39.0 Å². The van der Waals surface area contributed by atoms with Crippen molar-refractivity contribution in [3.8, 4) is 10.4 Å². The summed E-state index contributed by atoms with van der Waals surface area (Å²) < 4.78 is 15.1. The molecule has 2 rings (SSSR count). The number of rotatable bonds is 4. The van der Waals surface area contributed by atoms with E-state index in [0.29, 0.717) is 0 Å². The quantitative estimate of drug-likeness (QED) is 0.842. The molecule has 0 spiro atoms. The maximum absolute atomic E-state index is 12.1. The lowest BCUT2D eigenvalue weighted by molar-refractivity contribution is 0.532. The Morgan fingerprint density at radius 2 is 1.75 bits per heavy atom. The van der Waals surface area contributed by atoms with Gasteiger partial charge in [0.1, 0.15) is 4.75 Å². The van der Waals surface area contributed by atoms with Gasteiger partial charge in [-0.3, -0.25) is 0 Å². The number of hydrogen-bond donors (Lipinski definition) is 1. The zero-order chi connectivity index (χ0) is 14.8. The maximum Gasteiger partial charge on any atom is 0.136 e. The molecule has 1 unspecified atom stereocenters. The molecule has 1 N–H and O–H groups in total. The minimum absolute atomic E-state index is 0.0949. The van der Waals surface area contributed by atoms with Crippen molar-refractivity contribution in [1.82, 2.24) is 4.72 Å². The minimum atomic E-state index is -1.05. The lowest BCUT2D eigenvalue weighted by Crippen LogP contribution is -2.40. The molecule has 4 heteroatoms. The molecule has 0 aliphatic rings. The second kappa shape index (κ2) is 6.31. The van der Waals surface area contributed by atoms with Crippen molar-refractivity contribution in [3.63, 3.8) is 0 Å². The first-order valence-electron chi connectivity index (χ1n) is 6.71. The molecule has 0 saturated heterocycles. The molecule has 20 heavy (non-hydrogen) atoms. The van der Waals surface area contributed by atoms with Crippen LogP contribution < -0.4 is 4.72 Å². The zero-order valence-electron chi connectivity index (χ0n) is 12.3. The van der Waals surface area contributed by atoms with Crippen LogP contribution in [0.1, 0.15) is 38.6 Å². The Bertz CT molecular complexity index is 545. The van der Waals surface area contributed by atoms with Crippen molar-refractivity contribution in [2.24, 2.45) is 0 Å². The van der Waals surface area contributed by atoms with E-state index >= 15 is 0 Å². The fraction of sp³-hybridized carbons (Fsp3) is 0.375. The highest BCUT2D eigenvalue weighted by Crippen LogP contribution is 2.32. The van der Waals surface area contributed by atoms with E-state index in [4.69, 9.17) is 0 Å². The van der Waals surface area contributed by atoms with Gasteiger partial charge in [-0.2, -0.15) is 0 Å². The van der Waals surface area contributed by atoms with Gasteiger partial charge >= 0.3 is 0 Å². The molecule has 0 amide bonds. The third kappa shape index (κ3) is 3.85. The van der Waals surface area contributed by atoms with E-state index in [0.717, 1.165) is 0 Å². The van der Waals surface area contributed by atoms with Gasteiger partial charge in [-0.15, -0.1) is 16.1 Å². The van der Waals surface area contributed by atoms with Gasteiger partial charge in [-0.25, -0.2) is 0 Å². The Kier molecular flexibility index (Phi) is 4.91. The van der Waals surface area contributed by atoms with Crippen molar-refractivity contribution in [2.45, 2.75) is 38.5 Å². The SMILES string of the molecule is C[C@H](N[S+]([O-])C(C)(C)C)c1ccc(-c2ccccc2)s1. The van der Waals surface area contributed by atoms with E-state index in [2.05, 4.69) is 35.9 Å². The third-order valence-corrected chi connectivity index (χ3v) is 5.95. The second-order valence-corrected chi connectivity index (χ2v) is 8.90. The second-order valence-electron chi connectivity index (χ2n) is 5.79. The van der Waals surface area contributed by atoms with Crippen LogP contribution in [0.25, 0.3) is 10.4 Å². The molecule has 0 saturated carbocycles. The molecule has 1 heterocycles. The molecule has 2 aromatic rings. The van der Waals surface area contributed by atoms with Crippen LogP contribution in [0.2, 0.25) is 0 Å². The predicted octanol–water partition coefficient (Wildman–Crippen LogP) is 4.53. The van der Waals surface area contributed by atoms with Crippen LogP contribution in [-0.4, -0.2) is 9.30 Å². The molecule has 2 atom stereocenters. The summed E-state index contributed by atoms with van der Waals surface area (Å²) in [5.41, 5.74) is 1.23. The summed E-state index contributed by atoms with van der Waals surface area (Å²) in [5.74, 6) is 0. The number of nitrogens with one attached hydrogen (secondary N) is 1. The van der Waals surface area contributed by atoms with Gasteiger partial charge in [0.25, 0.3) is 0 Å². The fourth-order valence-electron chi connectivity index (χ4n) is 1.74. The van der Waals surface area contributed by atoms with Gasteiger partial charge in [0.2, 0.25) is 0 Å². The smallest absolute Gasteiger partial charge is 0.136 e. The van der Waals surface area contributed by atoms with Crippen molar-refractivity contribution in [1.29, 1.82) is 0 Å². The Morgan fingerprint density at radius 1 is 1.10 bits per heavy atom. The molecule has 0 fully saturated rings. The van der Waals surface area contributed by atoms with Crippen molar-refractivity contribution < 1.29 is 4.55 Å². The first-order valence-corrected chi connectivity index (χ1v) is 8.68. The van der Waals surface area contributed by atoms with Crippen LogP contribution in [0.15, 0.2) is 42.5 Å². The number of thiophene rings is 1. The van der Waals surface area contributed by atoms with E-state index < -0.39 is 11.4 Å². The van der Waals surface area contributed by atoms with Crippen LogP contribution in [0.4, 0.5) is 0 Å². The summed E-state index contributed by atoms with van der Waals surface area (Å²) in [7, 11) is 0. The highest BCUT2D eigenvalue weighted by molar-refractivity contribution is 7.90. The lowest BCUT2D eigenvalue weighted by Gasteiger charge is -2.26. The first-order chi connectivity index (χ1) is 9.38. The molecular weight excluding hydrogens is 286 g/mol. The highest BCUT2D eigenvalue weighted by atomic mass is 32.2. The Hall–Kier alpha value is -0.810. The molecule has 2 nitrogen and oxygen atoms in total. The van der Waals surface area contributed by atoms with Gasteiger partial charge < -0.3 is 4.55 Å². The number of hydrogen-bond acceptors (Lipinski definition) is 3. The lowest BCUT2D eigenvalue weighted by atomic mass is 10.2. The minimum Gasteiger partial charge on any atom is -0.598 e. The molecule has 0 aliphatic carbocycles. The standard InChI is InChI=1S/C16H21NOS2/c1-12(17-20(18)16(2,3)4)14-10-11-15(19-14)13-8-6-5-7-9-13/h5-12,17H,1-4H3/t12-,20?/m0/s1. The van der Waals surface area contributed by atoms with Crippen LogP contribution in [0, 0.1) is 0 Å². The van der Waals surface area contributed by atoms with Crippen molar-refractivity contribution in [2.75, 3.05) is 0 Å². The molecule has 0 radical (unpaired) electrons. The van der Waals surface area contributed by atoms with Crippen LogP contribution in [0.5, 0.6) is 0 Å². The van der Waals surface area contributed by atoms with E-state index in [1.54, 1.807) is 11.3 Å². The van der Waals surface area contributed by atoms with Crippen molar-refractivity contribution >= 4 is 22.7 Å². The summed E-state index contributed by atoms with van der Waals surface area (Å²) >= 11 is 0.703. The van der Waals surface area contributed by atoms with Crippen molar-refractivity contribution in [3.05, 3.63) is 47.3 Å². The van der Waals surface area contributed by atoms with Gasteiger partial charge in [0.05, 0.1) is 6.04 Å².